The van der Waals surface area contributed by atoms with Gasteiger partial charge >= 0.3 is 0 Å². The van der Waals surface area contributed by atoms with Crippen molar-refractivity contribution in [2.24, 2.45) is 0 Å². The zero-order valence-corrected chi connectivity index (χ0v) is 19.8. The zero-order chi connectivity index (χ0) is 23.4. The van der Waals surface area contributed by atoms with E-state index in [1.807, 2.05) is 92.7 Å². The lowest BCUT2D eigenvalue weighted by Gasteiger charge is -2.15. The highest BCUT2D eigenvalue weighted by Crippen LogP contribution is 2.28. The van der Waals surface area contributed by atoms with Gasteiger partial charge in [-0.3, -0.25) is 9.59 Å². The highest BCUT2D eigenvalue weighted by molar-refractivity contribution is 8.00. The summed E-state index contributed by atoms with van der Waals surface area (Å²) in [6, 6.07) is 26.5. The third kappa shape index (κ3) is 5.56. The summed E-state index contributed by atoms with van der Waals surface area (Å²) in [6.07, 6.45) is 0. The van der Waals surface area contributed by atoms with E-state index >= 15 is 0 Å². The number of amides is 2. The molecule has 0 spiro atoms. The van der Waals surface area contributed by atoms with E-state index in [0.717, 1.165) is 21.2 Å². The number of fused-ring (bicyclic) bond motifs is 1. The van der Waals surface area contributed by atoms with Crippen LogP contribution in [0.3, 0.4) is 0 Å². The Bertz CT molecular complexity index is 1340. The molecule has 1 atom stereocenters. The second kappa shape index (κ2) is 10.1. The zero-order valence-electron chi connectivity index (χ0n) is 18.3. The molecule has 0 aliphatic heterocycles. The Morgan fingerprint density at radius 3 is 2.42 bits per heavy atom. The normalized spacial score (nSPS) is 11.7. The summed E-state index contributed by atoms with van der Waals surface area (Å²) in [5, 5.41) is 8.28. The number of nitrogens with one attached hydrogen (secondary N) is 2. The fourth-order valence-corrected chi connectivity index (χ4v) is 4.52. The molecule has 4 rings (SSSR count). The minimum absolute atomic E-state index is 0.115. The molecule has 0 radical (unpaired) electrons. The van der Waals surface area contributed by atoms with Gasteiger partial charge in [0.05, 0.1) is 5.25 Å². The minimum atomic E-state index is -0.338. The van der Waals surface area contributed by atoms with Gasteiger partial charge in [-0.2, -0.15) is 0 Å². The van der Waals surface area contributed by atoms with Crippen molar-refractivity contribution in [1.29, 1.82) is 0 Å². The molecule has 0 aliphatic rings. The van der Waals surface area contributed by atoms with Crippen LogP contribution in [0.5, 0.6) is 0 Å². The van der Waals surface area contributed by atoms with Crippen LogP contribution in [0.4, 0.5) is 11.4 Å². The molecule has 2 amide bonds. The highest BCUT2D eigenvalue weighted by atomic mass is 35.5. The van der Waals surface area contributed by atoms with E-state index in [9.17, 15) is 9.59 Å². The molecular weight excluding hydrogens is 452 g/mol. The molecule has 4 nitrogen and oxygen atoms in total. The molecule has 0 aliphatic carbocycles. The van der Waals surface area contributed by atoms with Crippen LogP contribution in [0.25, 0.3) is 10.8 Å². The maximum Gasteiger partial charge on any atom is 0.255 e. The topological polar surface area (TPSA) is 58.2 Å². The van der Waals surface area contributed by atoms with Crippen molar-refractivity contribution >= 4 is 57.3 Å². The molecule has 0 fully saturated rings. The molecule has 0 bridgehead atoms. The Morgan fingerprint density at radius 2 is 1.61 bits per heavy atom. The lowest BCUT2D eigenvalue weighted by molar-refractivity contribution is -0.115. The number of hydrogen-bond acceptors (Lipinski definition) is 3. The van der Waals surface area contributed by atoms with Gasteiger partial charge in [-0.05, 0) is 72.6 Å². The molecule has 4 aromatic carbocycles. The van der Waals surface area contributed by atoms with E-state index in [4.69, 9.17) is 11.6 Å². The van der Waals surface area contributed by atoms with Crippen LogP contribution in [0.15, 0.2) is 89.8 Å². The van der Waals surface area contributed by atoms with Gasteiger partial charge in [0.2, 0.25) is 5.91 Å². The second-order valence-corrected chi connectivity index (χ2v) is 9.53. The average Bonchev–Trinajstić information content (AvgIpc) is 2.82. The van der Waals surface area contributed by atoms with Crippen LogP contribution < -0.4 is 10.6 Å². The SMILES string of the molecule is Cc1c(Cl)cccc1NC(=O)C(C)Sc1cccc(NC(=O)c2ccc3ccccc3c2)c1. The number of halogens is 1. The summed E-state index contributed by atoms with van der Waals surface area (Å²) in [5.74, 6) is -0.291. The molecule has 33 heavy (non-hydrogen) atoms. The van der Waals surface area contributed by atoms with Crippen LogP contribution in [-0.2, 0) is 4.79 Å². The van der Waals surface area contributed by atoms with E-state index in [0.29, 0.717) is 22.0 Å². The summed E-state index contributed by atoms with van der Waals surface area (Å²) in [5.41, 5.74) is 2.81. The molecule has 0 saturated carbocycles. The number of carbonyl (C=O) groups excluding carboxylic acids is 2. The van der Waals surface area contributed by atoms with Gasteiger partial charge in [0.1, 0.15) is 0 Å². The van der Waals surface area contributed by atoms with E-state index < -0.39 is 0 Å². The maximum absolute atomic E-state index is 12.8. The lowest BCUT2D eigenvalue weighted by Crippen LogP contribution is -2.22. The molecule has 2 N–H and O–H groups in total. The number of anilines is 2. The van der Waals surface area contributed by atoms with Gasteiger partial charge in [-0.1, -0.05) is 54.1 Å². The van der Waals surface area contributed by atoms with Crippen molar-refractivity contribution in [2.75, 3.05) is 10.6 Å². The summed E-state index contributed by atoms with van der Waals surface area (Å²) in [4.78, 5) is 26.3. The molecule has 0 heterocycles. The van der Waals surface area contributed by atoms with Crippen LogP contribution >= 0.6 is 23.4 Å². The van der Waals surface area contributed by atoms with Crippen molar-refractivity contribution in [2.45, 2.75) is 24.0 Å². The van der Waals surface area contributed by atoms with Gasteiger partial charge in [-0.25, -0.2) is 0 Å². The van der Waals surface area contributed by atoms with Crippen molar-refractivity contribution in [3.05, 3.63) is 101 Å². The van der Waals surface area contributed by atoms with Crippen LogP contribution in [0.2, 0.25) is 5.02 Å². The first kappa shape index (κ1) is 22.9. The number of hydrogen-bond donors (Lipinski definition) is 2. The number of rotatable bonds is 6. The average molecular weight is 475 g/mol. The Labute approximate surface area is 202 Å². The Balaban J connectivity index is 1.42. The van der Waals surface area contributed by atoms with E-state index in [2.05, 4.69) is 10.6 Å². The first-order chi connectivity index (χ1) is 15.9. The monoisotopic (exact) mass is 474 g/mol. The molecular formula is C27H23ClN2O2S. The third-order valence-corrected chi connectivity index (χ3v) is 6.81. The summed E-state index contributed by atoms with van der Waals surface area (Å²) in [6.45, 7) is 3.72. The van der Waals surface area contributed by atoms with Crippen LogP contribution in [0.1, 0.15) is 22.8 Å². The lowest BCUT2D eigenvalue weighted by atomic mass is 10.1. The molecule has 0 aromatic heterocycles. The number of benzene rings is 4. The van der Waals surface area contributed by atoms with Crippen LogP contribution in [-0.4, -0.2) is 17.1 Å². The van der Waals surface area contributed by atoms with Crippen molar-refractivity contribution in [1.82, 2.24) is 0 Å². The first-order valence-corrected chi connectivity index (χ1v) is 11.8. The third-order valence-electron chi connectivity index (χ3n) is 5.31. The maximum atomic E-state index is 12.8. The van der Waals surface area contributed by atoms with Gasteiger partial charge in [0.25, 0.3) is 5.91 Å². The molecule has 6 heteroatoms. The number of carbonyl (C=O) groups is 2. The Hall–Kier alpha value is -3.28. The molecule has 4 aromatic rings. The highest BCUT2D eigenvalue weighted by Gasteiger charge is 2.16. The van der Waals surface area contributed by atoms with E-state index in [1.54, 1.807) is 6.07 Å². The van der Waals surface area contributed by atoms with E-state index in [-0.39, 0.29) is 17.1 Å². The smallest absolute Gasteiger partial charge is 0.255 e. The molecule has 1 unspecified atom stereocenters. The Kier molecular flexibility index (Phi) is 7.02. The van der Waals surface area contributed by atoms with Crippen molar-refractivity contribution in [3.63, 3.8) is 0 Å². The van der Waals surface area contributed by atoms with Gasteiger partial charge in [0.15, 0.2) is 0 Å². The summed E-state index contributed by atoms with van der Waals surface area (Å²) >= 11 is 7.57. The van der Waals surface area contributed by atoms with Gasteiger partial charge < -0.3 is 10.6 Å². The van der Waals surface area contributed by atoms with Gasteiger partial charge in [0, 0.05) is 26.9 Å². The van der Waals surface area contributed by atoms with Crippen molar-refractivity contribution < 1.29 is 9.59 Å². The van der Waals surface area contributed by atoms with Crippen molar-refractivity contribution in [3.8, 4) is 0 Å². The predicted octanol–water partition coefficient (Wildman–Crippen LogP) is 7.17. The second-order valence-electron chi connectivity index (χ2n) is 7.71. The fraction of sp³-hybridized carbons (Fsp3) is 0.111. The molecule has 0 saturated heterocycles. The minimum Gasteiger partial charge on any atom is -0.325 e. The summed E-state index contributed by atoms with van der Waals surface area (Å²) in [7, 11) is 0. The molecule has 166 valence electrons. The first-order valence-electron chi connectivity index (χ1n) is 10.5. The van der Waals surface area contributed by atoms with Gasteiger partial charge in [-0.15, -0.1) is 11.8 Å². The van der Waals surface area contributed by atoms with Crippen LogP contribution in [0, 0.1) is 6.92 Å². The fourth-order valence-electron chi connectivity index (χ4n) is 3.42. The standard InChI is InChI=1S/C27H23ClN2O2S/c1-17-24(28)11-6-12-25(17)30-26(31)18(2)33-23-10-5-9-22(16-23)29-27(32)21-14-13-19-7-3-4-8-20(19)15-21/h3-16,18H,1-2H3,(H,29,32)(H,30,31). The number of thioether (sulfide) groups is 1. The quantitative estimate of drug-likeness (QED) is 0.291. The predicted molar refractivity (Wildman–Crippen MR) is 138 cm³/mol. The Morgan fingerprint density at radius 1 is 0.848 bits per heavy atom. The van der Waals surface area contributed by atoms with E-state index in [1.165, 1.54) is 11.8 Å². The summed E-state index contributed by atoms with van der Waals surface area (Å²) < 4.78 is 0. The largest absolute Gasteiger partial charge is 0.325 e.